The minimum atomic E-state index is -0.426. The van der Waals surface area contributed by atoms with Gasteiger partial charge in [0.05, 0.1) is 18.1 Å². The summed E-state index contributed by atoms with van der Waals surface area (Å²) < 4.78 is 16.2. The molecule has 1 N–H and O–H groups in total. The number of aryl methyl sites for hydroxylation is 1. The topological polar surface area (TPSA) is 81.8 Å². The number of carbonyl (C=O) groups excluding carboxylic acids is 1. The van der Waals surface area contributed by atoms with Crippen molar-refractivity contribution in [3.8, 4) is 0 Å². The van der Waals surface area contributed by atoms with Crippen molar-refractivity contribution in [1.29, 1.82) is 0 Å². The Morgan fingerprint density at radius 1 is 1.31 bits per heavy atom. The van der Waals surface area contributed by atoms with Crippen LogP contribution in [0.4, 0.5) is 10.1 Å². The second-order valence-corrected chi connectivity index (χ2v) is 7.02. The Labute approximate surface area is 149 Å². The summed E-state index contributed by atoms with van der Waals surface area (Å²) >= 11 is 0. The quantitative estimate of drug-likeness (QED) is 0.778. The number of fused-ring (bicyclic) bond motifs is 1. The van der Waals surface area contributed by atoms with Crippen LogP contribution >= 0.6 is 0 Å². The van der Waals surface area contributed by atoms with Gasteiger partial charge in [0.15, 0.2) is 5.65 Å². The Morgan fingerprint density at radius 3 is 2.77 bits per heavy atom. The van der Waals surface area contributed by atoms with Crippen LogP contribution < -0.4 is 10.9 Å². The number of benzene rings is 1. The van der Waals surface area contributed by atoms with Crippen LogP contribution in [0.25, 0.3) is 11.0 Å². The van der Waals surface area contributed by atoms with E-state index in [9.17, 15) is 14.0 Å². The van der Waals surface area contributed by atoms with E-state index in [1.54, 1.807) is 10.7 Å². The minimum absolute atomic E-state index is 0.0665. The van der Waals surface area contributed by atoms with Crippen molar-refractivity contribution in [2.24, 2.45) is 0 Å². The number of nitrogens with zero attached hydrogens (tertiary/aromatic N) is 4. The molecule has 8 heteroatoms. The van der Waals surface area contributed by atoms with Crippen molar-refractivity contribution in [2.45, 2.75) is 39.3 Å². The fraction of sp³-hybridized carbons (Fsp3) is 0.333. The molecule has 0 aliphatic carbocycles. The van der Waals surface area contributed by atoms with Gasteiger partial charge < -0.3 is 5.32 Å². The first-order valence-electron chi connectivity index (χ1n) is 8.25. The van der Waals surface area contributed by atoms with Crippen LogP contribution in [-0.2, 0) is 16.9 Å². The van der Waals surface area contributed by atoms with Crippen LogP contribution in [0.5, 0.6) is 0 Å². The maximum Gasteiger partial charge on any atom is 0.264 e. The molecule has 0 spiro atoms. The van der Waals surface area contributed by atoms with Gasteiger partial charge in [-0.1, -0.05) is 6.07 Å². The van der Waals surface area contributed by atoms with E-state index in [-0.39, 0.29) is 30.0 Å². The van der Waals surface area contributed by atoms with Gasteiger partial charge in [-0.2, -0.15) is 5.10 Å². The molecule has 3 rings (SSSR count). The molecule has 0 saturated carbocycles. The van der Waals surface area contributed by atoms with Crippen molar-refractivity contribution >= 4 is 22.6 Å². The molecule has 0 saturated heterocycles. The Hall–Kier alpha value is -3.03. The number of nitrogens with one attached hydrogen (secondary N) is 1. The summed E-state index contributed by atoms with van der Waals surface area (Å²) in [7, 11) is 0. The number of anilines is 1. The zero-order valence-electron chi connectivity index (χ0n) is 14.9. The number of aromatic nitrogens is 4. The maximum atomic E-state index is 13.1. The zero-order valence-corrected chi connectivity index (χ0v) is 14.9. The molecule has 136 valence electrons. The lowest BCUT2D eigenvalue weighted by Gasteiger charge is -2.19. The van der Waals surface area contributed by atoms with Gasteiger partial charge in [-0.15, -0.1) is 0 Å². The van der Waals surface area contributed by atoms with Crippen LogP contribution in [0.2, 0.25) is 0 Å². The third kappa shape index (κ3) is 3.63. The number of rotatable bonds is 4. The molecule has 0 fully saturated rings. The lowest BCUT2D eigenvalue weighted by atomic mass is 10.1. The molecule has 0 bridgehead atoms. The van der Waals surface area contributed by atoms with Crippen LogP contribution in [0, 0.1) is 5.82 Å². The Bertz CT molecular complexity index is 1020. The summed E-state index contributed by atoms with van der Waals surface area (Å²) in [5.74, 6) is -0.738. The second kappa shape index (κ2) is 6.70. The fourth-order valence-corrected chi connectivity index (χ4v) is 2.61. The monoisotopic (exact) mass is 357 g/mol. The van der Waals surface area contributed by atoms with Crippen molar-refractivity contribution in [3.63, 3.8) is 0 Å². The summed E-state index contributed by atoms with van der Waals surface area (Å²) in [6.45, 7) is 6.10. The summed E-state index contributed by atoms with van der Waals surface area (Å²) in [5.41, 5.74) is 0.354. The number of carbonyl (C=O) groups is 1. The second-order valence-electron chi connectivity index (χ2n) is 7.02. The average Bonchev–Trinajstić information content (AvgIpc) is 2.99. The SMILES string of the molecule is CC(C)(C)n1ncc2c(=O)n(CCC(=O)Nc3cccc(F)c3)cnc21. The van der Waals surface area contributed by atoms with Gasteiger partial charge in [-0.3, -0.25) is 14.2 Å². The molecule has 7 nitrogen and oxygen atoms in total. The van der Waals surface area contributed by atoms with E-state index in [1.165, 1.54) is 35.3 Å². The molecule has 0 unspecified atom stereocenters. The van der Waals surface area contributed by atoms with E-state index in [2.05, 4.69) is 15.4 Å². The molecular formula is C18H20FN5O2. The summed E-state index contributed by atoms with van der Waals surface area (Å²) in [6.07, 6.45) is 2.99. The van der Waals surface area contributed by atoms with E-state index in [0.29, 0.717) is 16.7 Å². The van der Waals surface area contributed by atoms with Crippen molar-refractivity contribution in [1.82, 2.24) is 19.3 Å². The van der Waals surface area contributed by atoms with Crippen LogP contribution in [0.15, 0.2) is 41.6 Å². The normalized spacial score (nSPS) is 11.7. The third-order valence-corrected chi connectivity index (χ3v) is 3.88. The number of hydrogen-bond donors (Lipinski definition) is 1. The highest BCUT2D eigenvalue weighted by atomic mass is 19.1. The molecule has 0 aliphatic rings. The third-order valence-electron chi connectivity index (χ3n) is 3.88. The highest BCUT2D eigenvalue weighted by molar-refractivity contribution is 5.90. The van der Waals surface area contributed by atoms with E-state index < -0.39 is 5.82 Å². The Kier molecular flexibility index (Phi) is 4.58. The first-order valence-corrected chi connectivity index (χ1v) is 8.25. The van der Waals surface area contributed by atoms with Gasteiger partial charge in [-0.05, 0) is 39.0 Å². The molecule has 0 atom stereocenters. The zero-order chi connectivity index (χ0) is 18.9. The molecule has 2 aromatic heterocycles. The first kappa shape index (κ1) is 17.8. The summed E-state index contributed by atoms with van der Waals surface area (Å²) in [6, 6.07) is 5.65. The molecule has 3 aromatic rings. The maximum absolute atomic E-state index is 13.1. The molecule has 1 aromatic carbocycles. The Balaban J connectivity index is 1.74. The average molecular weight is 357 g/mol. The lowest BCUT2D eigenvalue weighted by Crippen LogP contribution is -2.26. The minimum Gasteiger partial charge on any atom is -0.326 e. The van der Waals surface area contributed by atoms with Gasteiger partial charge in [0.1, 0.15) is 11.2 Å². The van der Waals surface area contributed by atoms with Crippen LogP contribution in [0.1, 0.15) is 27.2 Å². The van der Waals surface area contributed by atoms with Crippen LogP contribution in [0.3, 0.4) is 0 Å². The van der Waals surface area contributed by atoms with E-state index >= 15 is 0 Å². The number of amides is 1. The fourth-order valence-electron chi connectivity index (χ4n) is 2.61. The molecule has 0 radical (unpaired) electrons. The smallest absolute Gasteiger partial charge is 0.264 e. The molecule has 0 aliphatic heterocycles. The van der Waals surface area contributed by atoms with E-state index in [1.807, 2.05) is 20.8 Å². The van der Waals surface area contributed by atoms with Crippen molar-refractivity contribution in [3.05, 3.63) is 53.0 Å². The van der Waals surface area contributed by atoms with Gasteiger partial charge in [-0.25, -0.2) is 14.1 Å². The van der Waals surface area contributed by atoms with Gasteiger partial charge in [0, 0.05) is 18.7 Å². The van der Waals surface area contributed by atoms with E-state index in [4.69, 9.17) is 0 Å². The van der Waals surface area contributed by atoms with E-state index in [0.717, 1.165) is 0 Å². The highest BCUT2D eigenvalue weighted by Crippen LogP contribution is 2.17. The van der Waals surface area contributed by atoms with Crippen molar-refractivity contribution < 1.29 is 9.18 Å². The molecule has 1 amide bonds. The highest BCUT2D eigenvalue weighted by Gasteiger charge is 2.19. The lowest BCUT2D eigenvalue weighted by molar-refractivity contribution is -0.116. The molecule has 2 heterocycles. The van der Waals surface area contributed by atoms with Gasteiger partial charge >= 0.3 is 0 Å². The van der Waals surface area contributed by atoms with Gasteiger partial charge in [0.25, 0.3) is 5.56 Å². The van der Waals surface area contributed by atoms with Crippen molar-refractivity contribution in [2.75, 3.05) is 5.32 Å². The largest absolute Gasteiger partial charge is 0.326 e. The Morgan fingerprint density at radius 2 is 2.08 bits per heavy atom. The van der Waals surface area contributed by atoms with Crippen LogP contribution in [-0.4, -0.2) is 25.2 Å². The van der Waals surface area contributed by atoms with Gasteiger partial charge in [0.2, 0.25) is 5.91 Å². The predicted molar refractivity (Wildman–Crippen MR) is 96.4 cm³/mol. The summed E-state index contributed by atoms with van der Waals surface area (Å²) in [5, 5.41) is 7.27. The first-order chi connectivity index (χ1) is 12.3. The molecule has 26 heavy (non-hydrogen) atoms. The molecular weight excluding hydrogens is 337 g/mol. The summed E-state index contributed by atoms with van der Waals surface area (Å²) in [4.78, 5) is 28.9. The number of halogens is 1. The standard InChI is InChI=1S/C18H20FN5O2/c1-18(2,3)24-16-14(10-21-24)17(26)23(11-20-16)8-7-15(25)22-13-6-4-5-12(19)9-13/h4-6,9-11H,7-8H2,1-3H3,(H,22,25). The number of hydrogen-bond acceptors (Lipinski definition) is 4. The predicted octanol–water partition coefficient (Wildman–Crippen LogP) is 2.52.